The molecular weight excluding hydrogens is 302 g/mol. The van der Waals surface area contributed by atoms with Crippen molar-refractivity contribution in [1.82, 2.24) is 14.7 Å². The summed E-state index contributed by atoms with van der Waals surface area (Å²) in [6.45, 7) is 3.54. The molecule has 0 radical (unpaired) electrons. The smallest absolute Gasteiger partial charge is 0.289 e. The summed E-state index contributed by atoms with van der Waals surface area (Å²) < 4.78 is 7.71. The quantitative estimate of drug-likeness (QED) is 0.739. The van der Waals surface area contributed by atoms with Crippen LogP contribution in [-0.4, -0.2) is 33.2 Å². The summed E-state index contributed by atoms with van der Waals surface area (Å²) in [5.74, 6) is 0.416. The first kappa shape index (κ1) is 15.0. The van der Waals surface area contributed by atoms with Crippen molar-refractivity contribution in [3.05, 3.63) is 54.0 Å². The predicted octanol–water partition coefficient (Wildman–Crippen LogP) is 3.63. The number of piperidine rings is 1. The Morgan fingerprint density at radius 2 is 2.21 bits per heavy atom. The molecule has 0 unspecified atom stereocenters. The van der Waals surface area contributed by atoms with Crippen LogP contribution < -0.4 is 0 Å². The molecule has 0 aliphatic carbocycles. The Morgan fingerprint density at radius 3 is 3.00 bits per heavy atom. The Balaban J connectivity index is 1.58. The highest BCUT2D eigenvalue weighted by Gasteiger charge is 2.29. The molecule has 3 heterocycles. The minimum atomic E-state index is -0.0141. The minimum Gasteiger partial charge on any atom is -0.451 e. The fourth-order valence-electron chi connectivity index (χ4n) is 3.47. The molecule has 124 valence electrons. The molecule has 5 nitrogen and oxygen atoms in total. The molecule has 1 saturated heterocycles. The Bertz CT molecular complexity index is 831. The van der Waals surface area contributed by atoms with Crippen molar-refractivity contribution in [3.63, 3.8) is 0 Å². The van der Waals surface area contributed by atoms with Crippen LogP contribution in [0.15, 0.2) is 47.1 Å². The zero-order valence-corrected chi connectivity index (χ0v) is 13.8. The van der Waals surface area contributed by atoms with Crippen LogP contribution >= 0.6 is 0 Å². The van der Waals surface area contributed by atoms with E-state index in [2.05, 4.69) is 5.10 Å². The molecule has 1 amide bonds. The van der Waals surface area contributed by atoms with Gasteiger partial charge >= 0.3 is 0 Å². The van der Waals surface area contributed by atoms with Gasteiger partial charge < -0.3 is 9.32 Å². The number of furan rings is 1. The van der Waals surface area contributed by atoms with Crippen LogP contribution in [0.2, 0.25) is 0 Å². The van der Waals surface area contributed by atoms with E-state index < -0.39 is 0 Å². The average molecular weight is 323 g/mol. The van der Waals surface area contributed by atoms with E-state index in [1.54, 1.807) is 0 Å². The van der Waals surface area contributed by atoms with Crippen molar-refractivity contribution in [2.45, 2.75) is 38.8 Å². The number of benzene rings is 1. The van der Waals surface area contributed by atoms with Crippen LogP contribution in [0.3, 0.4) is 0 Å². The number of para-hydroxylation sites is 1. The highest BCUT2D eigenvalue weighted by Crippen LogP contribution is 2.24. The van der Waals surface area contributed by atoms with Gasteiger partial charge in [-0.15, -0.1) is 0 Å². The normalized spacial score (nSPS) is 18.2. The van der Waals surface area contributed by atoms with Crippen LogP contribution in [0, 0.1) is 6.92 Å². The standard InChI is InChI=1S/C19H21N3O2/c1-14-11-20-21(12-14)13-16-7-4-5-9-22(16)19(23)18-10-15-6-2-3-8-17(15)24-18/h2-3,6,8,10-12,16H,4-5,7,9,13H2,1H3/t16-/m0/s1. The summed E-state index contributed by atoms with van der Waals surface area (Å²) in [7, 11) is 0. The van der Waals surface area contributed by atoms with Crippen molar-refractivity contribution in [1.29, 1.82) is 0 Å². The predicted molar refractivity (Wildman–Crippen MR) is 91.9 cm³/mol. The van der Waals surface area contributed by atoms with Crippen molar-refractivity contribution < 1.29 is 9.21 Å². The topological polar surface area (TPSA) is 51.3 Å². The molecule has 0 saturated carbocycles. The van der Waals surface area contributed by atoms with Gasteiger partial charge in [0.1, 0.15) is 5.58 Å². The van der Waals surface area contributed by atoms with Crippen molar-refractivity contribution >= 4 is 16.9 Å². The number of fused-ring (bicyclic) bond motifs is 1. The molecule has 1 aliphatic rings. The van der Waals surface area contributed by atoms with Crippen LogP contribution in [0.1, 0.15) is 35.4 Å². The third-order valence-electron chi connectivity index (χ3n) is 4.68. The highest BCUT2D eigenvalue weighted by molar-refractivity contribution is 5.96. The van der Waals surface area contributed by atoms with Gasteiger partial charge in [0.2, 0.25) is 0 Å². The van der Waals surface area contributed by atoms with Gasteiger partial charge in [-0.2, -0.15) is 5.10 Å². The van der Waals surface area contributed by atoms with E-state index in [1.807, 2.05) is 59.2 Å². The summed E-state index contributed by atoms with van der Waals surface area (Å²) in [4.78, 5) is 14.9. The lowest BCUT2D eigenvalue weighted by atomic mass is 10.0. The summed E-state index contributed by atoms with van der Waals surface area (Å²) in [5, 5.41) is 5.34. The molecule has 1 aromatic carbocycles. The monoisotopic (exact) mass is 323 g/mol. The maximum Gasteiger partial charge on any atom is 0.289 e. The molecule has 24 heavy (non-hydrogen) atoms. The lowest BCUT2D eigenvalue weighted by Gasteiger charge is -2.35. The van der Waals surface area contributed by atoms with Gasteiger partial charge in [0.05, 0.1) is 18.8 Å². The summed E-state index contributed by atoms with van der Waals surface area (Å²) in [5.41, 5.74) is 1.90. The largest absolute Gasteiger partial charge is 0.451 e. The second kappa shape index (κ2) is 6.15. The Labute approximate surface area is 140 Å². The first-order valence-electron chi connectivity index (χ1n) is 8.49. The third-order valence-corrected chi connectivity index (χ3v) is 4.68. The molecule has 4 rings (SSSR count). The van der Waals surface area contributed by atoms with Gasteiger partial charge in [-0.3, -0.25) is 9.48 Å². The van der Waals surface area contributed by atoms with Gasteiger partial charge in [-0.25, -0.2) is 0 Å². The first-order valence-corrected chi connectivity index (χ1v) is 8.49. The van der Waals surface area contributed by atoms with E-state index in [-0.39, 0.29) is 11.9 Å². The maximum atomic E-state index is 13.0. The second-order valence-electron chi connectivity index (χ2n) is 6.54. The SMILES string of the molecule is Cc1cnn(C[C@@H]2CCCCN2C(=O)c2cc3ccccc3o2)c1. The van der Waals surface area contributed by atoms with Gasteiger partial charge in [0, 0.05) is 18.1 Å². The van der Waals surface area contributed by atoms with Gasteiger partial charge in [-0.05, 0) is 43.9 Å². The number of hydrogen-bond acceptors (Lipinski definition) is 3. The molecule has 2 aromatic heterocycles. The molecule has 3 aromatic rings. The maximum absolute atomic E-state index is 13.0. The van der Waals surface area contributed by atoms with Crippen LogP contribution in [0.5, 0.6) is 0 Å². The van der Waals surface area contributed by atoms with Crippen molar-refractivity contribution in [2.24, 2.45) is 0 Å². The average Bonchev–Trinajstić information content (AvgIpc) is 3.20. The molecule has 0 spiro atoms. The fraction of sp³-hybridized carbons (Fsp3) is 0.368. The van der Waals surface area contributed by atoms with E-state index in [0.717, 1.165) is 48.9 Å². The van der Waals surface area contributed by atoms with Gasteiger partial charge in [0.15, 0.2) is 5.76 Å². The molecule has 1 aliphatic heterocycles. The van der Waals surface area contributed by atoms with E-state index in [0.29, 0.717) is 5.76 Å². The highest BCUT2D eigenvalue weighted by atomic mass is 16.3. The van der Waals surface area contributed by atoms with Crippen molar-refractivity contribution in [2.75, 3.05) is 6.54 Å². The van der Waals surface area contributed by atoms with Gasteiger partial charge in [-0.1, -0.05) is 18.2 Å². The molecule has 0 N–H and O–H groups in total. The second-order valence-corrected chi connectivity index (χ2v) is 6.54. The molecular formula is C19H21N3O2. The Hall–Kier alpha value is -2.56. The number of aryl methyl sites for hydroxylation is 1. The van der Waals surface area contributed by atoms with Crippen molar-refractivity contribution in [3.8, 4) is 0 Å². The van der Waals surface area contributed by atoms with E-state index in [9.17, 15) is 4.79 Å². The number of carbonyl (C=O) groups excluding carboxylic acids is 1. The third kappa shape index (κ3) is 2.82. The van der Waals surface area contributed by atoms with E-state index in [4.69, 9.17) is 4.42 Å². The molecule has 0 bridgehead atoms. The summed E-state index contributed by atoms with van der Waals surface area (Å²) >= 11 is 0. The number of hydrogen-bond donors (Lipinski definition) is 0. The number of nitrogens with zero attached hydrogens (tertiary/aromatic N) is 3. The Kier molecular flexibility index (Phi) is 3.84. The number of rotatable bonds is 3. The molecule has 1 atom stereocenters. The van der Waals surface area contributed by atoms with Crippen LogP contribution in [0.25, 0.3) is 11.0 Å². The first-order chi connectivity index (χ1) is 11.7. The van der Waals surface area contributed by atoms with E-state index in [1.165, 1.54) is 0 Å². The van der Waals surface area contributed by atoms with Crippen LogP contribution in [0.4, 0.5) is 0 Å². The zero-order chi connectivity index (χ0) is 16.5. The molecule has 5 heteroatoms. The number of carbonyl (C=O) groups is 1. The molecule has 1 fully saturated rings. The number of likely N-dealkylation sites (tertiary alicyclic amines) is 1. The summed E-state index contributed by atoms with van der Waals surface area (Å²) in [6, 6.07) is 9.75. The number of aromatic nitrogens is 2. The van der Waals surface area contributed by atoms with Crippen LogP contribution in [-0.2, 0) is 6.54 Å². The Morgan fingerprint density at radius 1 is 1.33 bits per heavy atom. The zero-order valence-electron chi connectivity index (χ0n) is 13.8. The lowest BCUT2D eigenvalue weighted by molar-refractivity contribution is 0.0554. The van der Waals surface area contributed by atoms with E-state index >= 15 is 0 Å². The minimum absolute atomic E-state index is 0.0141. The summed E-state index contributed by atoms with van der Waals surface area (Å²) in [6.07, 6.45) is 7.08. The number of amides is 1. The fourth-order valence-corrected chi connectivity index (χ4v) is 3.47. The lowest BCUT2D eigenvalue weighted by Crippen LogP contribution is -2.45. The van der Waals surface area contributed by atoms with Gasteiger partial charge in [0.25, 0.3) is 5.91 Å².